The molecule has 0 saturated carbocycles. The van der Waals surface area contributed by atoms with Crippen LogP contribution in [0, 0.1) is 6.92 Å². The molecule has 152 valence electrons. The normalized spacial score (nSPS) is 16.3. The minimum Gasteiger partial charge on any atom is -0.490 e. The number of ketones is 1. The van der Waals surface area contributed by atoms with Crippen LogP contribution in [0.3, 0.4) is 0 Å². The average molecular weight is 415 g/mol. The van der Waals surface area contributed by atoms with Crippen LogP contribution in [0.25, 0.3) is 0 Å². The van der Waals surface area contributed by atoms with Gasteiger partial charge in [-0.25, -0.2) is 4.79 Å². The number of ether oxygens (including phenoxy) is 1. The van der Waals surface area contributed by atoms with Crippen LogP contribution in [0.2, 0.25) is 5.02 Å². The highest BCUT2D eigenvalue weighted by molar-refractivity contribution is 6.32. The number of rotatable bonds is 7. The van der Waals surface area contributed by atoms with Crippen molar-refractivity contribution in [1.29, 1.82) is 0 Å². The van der Waals surface area contributed by atoms with Gasteiger partial charge in [-0.3, -0.25) is 4.79 Å². The Balaban J connectivity index is 1.90. The molecule has 0 fully saturated rings. The third kappa shape index (κ3) is 4.78. The standard InChI is InChI=1S/C22H23ClN2O4/c1-14-10-18(23)20(29-9-8-26)12-16(14)11-19(27)17-13-25(2)22(28)24-21(17)15-6-4-3-5-7-15/h3-7,10,12-13,21,26H,8-9,11H2,1-2H3,(H,24,28). The number of hydrogen-bond donors (Lipinski definition) is 2. The lowest BCUT2D eigenvalue weighted by Gasteiger charge is -2.30. The molecule has 0 saturated heterocycles. The molecule has 0 aromatic heterocycles. The van der Waals surface area contributed by atoms with Crippen LogP contribution in [0.4, 0.5) is 4.79 Å². The number of aliphatic hydroxyl groups excluding tert-OH is 1. The van der Waals surface area contributed by atoms with Crippen LogP contribution in [-0.4, -0.2) is 42.1 Å². The van der Waals surface area contributed by atoms with Crippen LogP contribution < -0.4 is 10.1 Å². The Labute approximate surface area is 174 Å². The van der Waals surface area contributed by atoms with Gasteiger partial charge in [-0.05, 0) is 35.7 Å². The summed E-state index contributed by atoms with van der Waals surface area (Å²) in [5.74, 6) is 0.320. The number of nitrogens with one attached hydrogen (secondary N) is 1. The molecule has 7 heteroatoms. The number of benzene rings is 2. The summed E-state index contributed by atoms with van der Waals surface area (Å²) in [4.78, 5) is 26.7. The number of aliphatic hydroxyl groups is 1. The van der Waals surface area contributed by atoms with E-state index in [0.717, 1.165) is 16.7 Å². The number of hydrogen-bond acceptors (Lipinski definition) is 4. The van der Waals surface area contributed by atoms with Crippen LogP contribution in [0.15, 0.2) is 54.2 Å². The van der Waals surface area contributed by atoms with E-state index >= 15 is 0 Å². The summed E-state index contributed by atoms with van der Waals surface area (Å²) >= 11 is 6.20. The fourth-order valence-corrected chi connectivity index (χ4v) is 3.49. The van der Waals surface area contributed by atoms with E-state index in [9.17, 15) is 9.59 Å². The van der Waals surface area contributed by atoms with E-state index in [4.69, 9.17) is 21.4 Å². The van der Waals surface area contributed by atoms with Gasteiger partial charge in [0.25, 0.3) is 0 Å². The van der Waals surface area contributed by atoms with Gasteiger partial charge in [0, 0.05) is 25.2 Å². The van der Waals surface area contributed by atoms with Crippen LogP contribution in [0.5, 0.6) is 5.75 Å². The third-order valence-electron chi connectivity index (χ3n) is 4.78. The van der Waals surface area contributed by atoms with Crippen molar-refractivity contribution in [2.45, 2.75) is 19.4 Å². The molecule has 1 aliphatic heterocycles. The van der Waals surface area contributed by atoms with Gasteiger partial charge in [0.1, 0.15) is 12.4 Å². The number of nitrogens with zero attached hydrogens (tertiary/aromatic N) is 1. The van der Waals surface area contributed by atoms with Crippen molar-refractivity contribution in [2.24, 2.45) is 0 Å². The van der Waals surface area contributed by atoms with E-state index in [-0.39, 0.29) is 31.4 Å². The molecule has 2 amide bonds. The molecule has 2 aromatic rings. The number of halogens is 1. The Morgan fingerprint density at radius 2 is 2.00 bits per heavy atom. The maximum atomic E-state index is 13.2. The predicted molar refractivity (Wildman–Crippen MR) is 111 cm³/mol. The monoisotopic (exact) mass is 414 g/mol. The maximum Gasteiger partial charge on any atom is 0.321 e. The van der Waals surface area contributed by atoms with Crippen LogP contribution in [0.1, 0.15) is 22.7 Å². The minimum atomic E-state index is -0.509. The molecule has 0 spiro atoms. The van der Waals surface area contributed by atoms with Crippen molar-refractivity contribution >= 4 is 23.4 Å². The van der Waals surface area contributed by atoms with E-state index < -0.39 is 6.04 Å². The lowest BCUT2D eigenvalue weighted by Crippen LogP contribution is -2.43. The Bertz CT molecular complexity index is 943. The first-order valence-corrected chi connectivity index (χ1v) is 9.64. The molecular formula is C22H23ClN2O4. The lowest BCUT2D eigenvalue weighted by molar-refractivity contribution is -0.115. The van der Waals surface area contributed by atoms with E-state index in [2.05, 4.69) is 5.32 Å². The topological polar surface area (TPSA) is 78.9 Å². The number of carbonyl (C=O) groups excluding carboxylic acids is 2. The zero-order chi connectivity index (χ0) is 21.0. The van der Waals surface area contributed by atoms with E-state index in [1.165, 1.54) is 4.90 Å². The van der Waals surface area contributed by atoms with Crippen molar-refractivity contribution in [3.8, 4) is 5.75 Å². The largest absolute Gasteiger partial charge is 0.490 e. The first-order valence-electron chi connectivity index (χ1n) is 9.26. The molecule has 29 heavy (non-hydrogen) atoms. The molecule has 0 aliphatic carbocycles. The lowest BCUT2D eigenvalue weighted by atomic mass is 9.91. The highest BCUT2D eigenvalue weighted by atomic mass is 35.5. The highest BCUT2D eigenvalue weighted by Gasteiger charge is 2.30. The van der Waals surface area contributed by atoms with Gasteiger partial charge in [-0.2, -0.15) is 0 Å². The minimum absolute atomic E-state index is 0.107. The van der Waals surface area contributed by atoms with Crippen molar-refractivity contribution in [3.63, 3.8) is 0 Å². The van der Waals surface area contributed by atoms with Crippen molar-refractivity contribution in [2.75, 3.05) is 20.3 Å². The summed E-state index contributed by atoms with van der Waals surface area (Å²) in [7, 11) is 1.61. The van der Waals surface area contributed by atoms with Crippen molar-refractivity contribution in [1.82, 2.24) is 10.2 Å². The molecule has 1 aliphatic rings. The van der Waals surface area contributed by atoms with Crippen molar-refractivity contribution in [3.05, 3.63) is 76.0 Å². The van der Waals surface area contributed by atoms with Gasteiger partial charge in [-0.1, -0.05) is 41.9 Å². The Kier molecular flexibility index (Phi) is 6.56. The second kappa shape index (κ2) is 9.11. The molecule has 2 N–H and O–H groups in total. The average Bonchev–Trinajstić information content (AvgIpc) is 2.71. The highest BCUT2D eigenvalue weighted by Crippen LogP contribution is 2.31. The fraction of sp³-hybridized carbons (Fsp3) is 0.273. The first-order chi connectivity index (χ1) is 13.9. The van der Waals surface area contributed by atoms with Crippen LogP contribution in [-0.2, 0) is 11.2 Å². The van der Waals surface area contributed by atoms with E-state index in [1.54, 1.807) is 25.4 Å². The number of aryl methyl sites for hydroxylation is 1. The zero-order valence-electron chi connectivity index (χ0n) is 16.3. The van der Waals surface area contributed by atoms with Gasteiger partial charge >= 0.3 is 6.03 Å². The number of amides is 2. The number of carbonyl (C=O) groups is 2. The quantitative estimate of drug-likeness (QED) is 0.727. The van der Waals surface area contributed by atoms with Gasteiger partial charge in [0.15, 0.2) is 5.78 Å². The summed E-state index contributed by atoms with van der Waals surface area (Å²) < 4.78 is 5.46. The molecule has 1 unspecified atom stereocenters. The number of urea groups is 1. The fourth-order valence-electron chi connectivity index (χ4n) is 3.21. The molecule has 3 rings (SSSR count). The summed E-state index contributed by atoms with van der Waals surface area (Å²) in [5, 5.41) is 12.3. The smallest absolute Gasteiger partial charge is 0.321 e. The Morgan fingerprint density at radius 1 is 1.28 bits per heavy atom. The molecular weight excluding hydrogens is 392 g/mol. The predicted octanol–water partition coefficient (Wildman–Crippen LogP) is 3.41. The second-order valence-corrected chi connectivity index (χ2v) is 7.28. The first kappa shape index (κ1) is 20.9. The summed E-state index contributed by atoms with van der Waals surface area (Å²) in [6.45, 7) is 1.87. The van der Waals surface area contributed by atoms with Crippen LogP contribution >= 0.6 is 11.6 Å². The van der Waals surface area contributed by atoms with Gasteiger partial charge in [0.05, 0.1) is 17.7 Å². The van der Waals surface area contributed by atoms with E-state index in [1.807, 2.05) is 37.3 Å². The zero-order valence-corrected chi connectivity index (χ0v) is 17.1. The Hall–Kier alpha value is -2.83. The second-order valence-electron chi connectivity index (χ2n) is 6.87. The summed E-state index contributed by atoms with van der Waals surface area (Å²) in [5.41, 5.74) is 2.99. The number of Topliss-reactive ketones (excluding diaryl/α,β-unsaturated/α-hetero) is 1. The van der Waals surface area contributed by atoms with Crippen molar-refractivity contribution < 1.29 is 19.4 Å². The van der Waals surface area contributed by atoms with E-state index in [0.29, 0.717) is 16.3 Å². The summed E-state index contributed by atoms with van der Waals surface area (Å²) in [6.07, 6.45) is 1.73. The Morgan fingerprint density at radius 3 is 2.69 bits per heavy atom. The third-order valence-corrected chi connectivity index (χ3v) is 5.07. The maximum absolute atomic E-state index is 13.2. The molecule has 2 aromatic carbocycles. The van der Waals surface area contributed by atoms with Gasteiger partial charge in [-0.15, -0.1) is 0 Å². The SMILES string of the molecule is Cc1cc(Cl)c(OCCO)cc1CC(=O)C1=CN(C)C(=O)NC1c1ccccc1. The molecule has 0 radical (unpaired) electrons. The molecule has 6 nitrogen and oxygen atoms in total. The van der Waals surface area contributed by atoms with Gasteiger partial charge in [0.2, 0.25) is 0 Å². The van der Waals surface area contributed by atoms with Gasteiger partial charge < -0.3 is 20.1 Å². The molecule has 0 bridgehead atoms. The summed E-state index contributed by atoms with van der Waals surface area (Å²) in [6, 6.07) is 12.1. The molecule has 1 heterocycles. The molecule has 1 atom stereocenters.